The molecule has 0 fully saturated rings. The van der Waals surface area contributed by atoms with Crippen molar-refractivity contribution in [3.05, 3.63) is 59.9 Å². The molecule has 0 saturated carbocycles. The fraction of sp³-hybridized carbons (Fsp3) is 0.125. The molecule has 5 heteroatoms. The number of rotatable bonds is 4. The highest BCUT2D eigenvalue weighted by Gasteiger charge is 2.12. The van der Waals surface area contributed by atoms with Crippen molar-refractivity contribution in [2.75, 3.05) is 5.32 Å². The summed E-state index contributed by atoms with van der Waals surface area (Å²) in [4.78, 5) is 23.3. The average Bonchev–Trinajstić information content (AvgIpc) is 2.47. The Morgan fingerprint density at radius 1 is 1.29 bits per heavy atom. The molecule has 1 aromatic heterocycles. The van der Waals surface area contributed by atoms with Gasteiger partial charge in [-0.1, -0.05) is 6.07 Å². The van der Waals surface area contributed by atoms with Crippen LogP contribution in [0.4, 0.5) is 5.69 Å². The predicted molar refractivity (Wildman–Crippen MR) is 76.4 cm³/mol. The first kappa shape index (κ1) is 14.4. The zero-order valence-corrected chi connectivity index (χ0v) is 11.5. The van der Waals surface area contributed by atoms with Gasteiger partial charge in [-0.2, -0.15) is 9.83 Å². The largest absolute Gasteiger partial charge is 0.321 e. The number of anilines is 1. The molecule has 1 heterocycles. The van der Waals surface area contributed by atoms with Crippen molar-refractivity contribution >= 4 is 17.4 Å². The highest BCUT2D eigenvalue weighted by molar-refractivity contribution is 5.93. The molecule has 1 aromatic carbocycles. The quantitative estimate of drug-likeness (QED) is 0.684. The molecule has 0 spiro atoms. The molecule has 1 N–H and O–H groups in total. The molecule has 0 aliphatic rings. The van der Waals surface area contributed by atoms with Crippen LogP contribution in [-0.2, 0) is 11.3 Å². The van der Waals surface area contributed by atoms with Crippen molar-refractivity contribution in [1.29, 1.82) is 5.26 Å². The van der Waals surface area contributed by atoms with Crippen molar-refractivity contribution in [2.45, 2.75) is 13.5 Å². The summed E-state index contributed by atoms with van der Waals surface area (Å²) in [6, 6.07) is 12.1. The van der Waals surface area contributed by atoms with Gasteiger partial charge in [0.1, 0.15) is 0 Å². The van der Waals surface area contributed by atoms with Crippen molar-refractivity contribution in [1.82, 2.24) is 0 Å². The fourth-order valence-electron chi connectivity index (χ4n) is 1.86. The monoisotopic (exact) mass is 280 g/mol. The number of amides is 1. The van der Waals surface area contributed by atoms with E-state index in [2.05, 4.69) is 5.32 Å². The van der Waals surface area contributed by atoms with Gasteiger partial charge in [-0.15, -0.1) is 0 Å². The summed E-state index contributed by atoms with van der Waals surface area (Å²) in [5, 5.41) is 11.5. The normalized spacial score (nSPS) is 9.71. The average molecular weight is 280 g/mol. The number of ketones is 1. The first-order chi connectivity index (χ1) is 10.1. The van der Waals surface area contributed by atoms with E-state index in [1.54, 1.807) is 53.4 Å². The Balaban J connectivity index is 2.06. The number of hydrogen-bond donors (Lipinski definition) is 1. The maximum absolute atomic E-state index is 12.0. The number of hydrogen-bond acceptors (Lipinski definition) is 3. The van der Waals surface area contributed by atoms with Gasteiger partial charge < -0.3 is 5.32 Å². The van der Waals surface area contributed by atoms with Gasteiger partial charge >= 0.3 is 0 Å². The molecular weight excluding hydrogens is 266 g/mol. The van der Waals surface area contributed by atoms with E-state index in [4.69, 9.17) is 5.26 Å². The lowest BCUT2D eigenvalue weighted by molar-refractivity contribution is -0.684. The topological polar surface area (TPSA) is 73.8 Å². The summed E-state index contributed by atoms with van der Waals surface area (Å²) in [7, 11) is 0. The second-order valence-electron chi connectivity index (χ2n) is 4.56. The van der Waals surface area contributed by atoms with Crippen molar-refractivity contribution in [2.24, 2.45) is 0 Å². The number of nitrogens with zero attached hydrogens (tertiary/aromatic N) is 2. The third-order valence-corrected chi connectivity index (χ3v) is 2.87. The Labute approximate surface area is 122 Å². The molecule has 5 nitrogen and oxygen atoms in total. The van der Waals surface area contributed by atoms with Gasteiger partial charge in [-0.3, -0.25) is 9.59 Å². The Hall–Kier alpha value is -3.00. The van der Waals surface area contributed by atoms with Crippen LogP contribution in [0.3, 0.4) is 0 Å². The summed E-state index contributed by atoms with van der Waals surface area (Å²) >= 11 is 0. The number of nitrogens with one attached hydrogen (secondary N) is 1. The van der Waals surface area contributed by atoms with Crippen LogP contribution in [0, 0.1) is 11.3 Å². The molecule has 0 radical (unpaired) electrons. The Bertz CT molecular complexity index is 732. The molecule has 0 saturated heterocycles. The van der Waals surface area contributed by atoms with Gasteiger partial charge in [0.15, 0.2) is 18.2 Å². The lowest BCUT2D eigenvalue weighted by Crippen LogP contribution is -2.40. The maximum atomic E-state index is 12.0. The van der Waals surface area contributed by atoms with Gasteiger partial charge in [0.05, 0.1) is 17.2 Å². The molecule has 1 amide bonds. The van der Waals surface area contributed by atoms with Crippen molar-refractivity contribution in [3.8, 4) is 6.07 Å². The summed E-state index contributed by atoms with van der Waals surface area (Å²) in [6.45, 7) is 1.57. The van der Waals surface area contributed by atoms with E-state index >= 15 is 0 Å². The van der Waals surface area contributed by atoms with Gasteiger partial charge in [0, 0.05) is 11.8 Å². The van der Waals surface area contributed by atoms with Crippen LogP contribution in [0.5, 0.6) is 0 Å². The van der Waals surface area contributed by atoms with Crippen LogP contribution in [0.2, 0.25) is 0 Å². The number of nitriles is 1. The van der Waals surface area contributed by atoms with Crippen LogP contribution in [0.25, 0.3) is 0 Å². The number of aromatic nitrogens is 1. The molecule has 0 aliphatic heterocycles. The first-order valence-electron chi connectivity index (χ1n) is 6.38. The Morgan fingerprint density at radius 2 is 2.10 bits per heavy atom. The number of carbonyl (C=O) groups is 2. The minimum atomic E-state index is -0.226. The smallest absolute Gasteiger partial charge is 0.290 e. The minimum absolute atomic E-state index is 0.0496. The van der Waals surface area contributed by atoms with E-state index in [1.807, 2.05) is 6.07 Å². The third-order valence-electron chi connectivity index (χ3n) is 2.87. The zero-order valence-electron chi connectivity index (χ0n) is 11.5. The highest BCUT2D eigenvalue weighted by Crippen LogP contribution is 2.09. The molecule has 104 valence electrons. The summed E-state index contributed by atoms with van der Waals surface area (Å²) in [6.07, 6.45) is 3.35. The van der Waals surface area contributed by atoms with Gasteiger partial charge in [0.25, 0.3) is 5.91 Å². The number of pyridine rings is 1. The minimum Gasteiger partial charge on any atom is -0.321 e. The molecule has 0 aliphatic carbocycles. The van der Waals surface area contributed by atoms with E-state index in [1.165, 1.54) is 6.92 Å². The number of carbonyl (C=O) groups excluding carboxylic acids is 2. The predicted octanol–water partition coefficient (Wildman–Crippen LogP) is 1.69. The van der Waals surface area contributed by atoms with E-state index in [0.717, 1.165) is 0 Å². The lowest BCUT2D eigenvalue weighted by Gasteiger charge is -2.03. The molecule has 21 heavy (non-hydrogen) atoms. The van der Waals surface area contributed by atoms with E-state index in [-0.39, 0.29) is 18.2 Å². The molecule has 0 bridgehead atoms. The van der Waals surface area contributed by atoms with Crippen LogP contribution in [-0.4, -0.2) is 11.7 Å². The zero-order chi connectivity index (χ0) is 15.2. The third kappa shape index (κ3) is 3.98. The van der Waals surface area contributed by atoms with E-state index in [0.29, 0.717) is 16.8 Å². The SMILES string of the molecule is CC(=O)c1ccc[n+](CC(=O)Nc2cccc(C#N)c2)c1. The standard InChI is InChI=1S/C16H13N3O2/c1-12(20)14-5-3-7-19(10-14)11-16(21)18-15-6-2-4-13(8-15)9-17/h2-8,10H,11H2,1H3/p+1. The van der Waals surface area contributed by atoms with E-state index in [9.17, 15) is 9.59 Å². The molecule has 2 rings (SSSR count). The molecule has 0 atom stereocenters. The maximum Gasteiger partial charge on any atom is 0.290 e. The van der Waals surface area contributed by atoms with Gasteiger partial charge in [0.2, 0.25) is 6.54 Å². The van der Waals surface area contributed by atoms with E-state index < -0.39 is 0 Å². The van der Waals surface area contributed by atoms with Crippen molar-refractivity contribution in [3.63, 3.8) is 0 Å². The summed E-state index contributed by atoms with van der Waals surface area (Å²) in [5.41, 5.74) is 1.61. The van der Waals surface area contributed by atoms with Crippen LogP contribution in [0.1, 0.15) is 22.8 Å². The van der Waals surface area contributed by atoms with Crippen LogP contribution in [0.15, 0.2) is 48.8 Å². The first-order valence-corrected chi connectivity index (χ1v) is 6.38. The van der Waals surface area contributed by atoms with Crippen molar-refractivity contribution < 1.29 is 14.2 Å². The number of Topliss-reactive ketones (excluding diaryl/α,β-unsaturated/α-hetero) is 1. The summed E-state index contributed by atoms with van der Waals surface area (Å²) in [5.74, 6) is -0.276. The Kier molecular flexibility index (Phi) is 4.42. The van der Waals surface area contributed by atoms with Crippen LogP contribution < -0.4 is 9.88 Å². The molecular formula is C16H14N3O2+. The molecule has 0 unspecified atom stereocenters. The van der Waals surface area contributed by atoms with Gasteiger partial charge in [-0.25, -0.2) is 0 Å². The second-order valence-corrected chi connectivity index (χ2v) is 4.56. The Morgan fingerprint density at radius 3 is 2.81 bits per heavy atom. The van der Waals surface area contributed by atoms with Crippen LogP contribution >= 0.6 is 0 Å². The number of benzene rings is 1. The summed E-state index contributed by atoms with van der Waals surface area (Å²) < 4.78 is 1.64. The van der Waals surface area contributed by atoms with Gasteiger partial charge in [-0.05, 0) is 31.2 Å². The fourth-order valence-corrected chi connectivity index (χ4v) is 1.86. The highest BCUT2D eigenvalue weighted by atomic mass is 16.2. The molecule has 2 aromatic rings. The lowest BCUT2D eigenvalue weighted by atomic mass is 10.2. The second kappa shape index (κ2) is 6.44.